The van der Waals surface area contributed by atoms with Crippen molar-refractivity contribution in [2.75, 3.05) is 6.54 Å². The van der Waals surface area contributed by atoms with Gasteiger partial charge in [-0.3, -0.25) is 33.6 Å². The highest BCUT2D eigenvalue weighted by Gasteiger charge is 2.33. The summed E-state index contributed by atoms with van der Waals surface area (Å²) in [5.74, 6) is -5.78. The summed E-state index contributed by atoms with van der Waals surface area (Å²) in [7, 11) is 0. The number of halogens is 1. The summed E-state index contributed by atoms with van der Waals surface area (Å²) in [6, 6.07) is 2.86. The molecule has 0 fully saturated rings. The lowest BCUT2D eigenvalue weighted by molar-refractivity contribution is -0.136. The number of Topliss-reactive ketones (excluding diaryl/α,β-unsaturated/α-hetero) is 3. The molecule has 0 radical (unpaired) electrons. The van der Waals surface area contributed by atoms with Crippen molar-refractivity contribution in [1.82, 2.24) is 16.0 Å². The molecule has 4 amide bonds. The summed E-state index contributed by atoms with van der Waals surface area (Å²) in [6.45, 7) is 8.52. The van der Waals surface area contributed by atoms with Gasteiger partial charge in [-0.25, -0.2) is 0 Å². The van der Waals surface area contributed by atoms with Crippen LogP contribution in [0.1, 0.15) is 85.1 Å². The molecule has 14 heteroatoms. The molecule has 0 bridgehead atoms. The number of amides is 4. The van der Waals surface area contributed by atoms with Crippen LogP contribution in [0.2, 0.25) is 5.02 Å². The predicted octanol–water partition coefficient (Wildman–Crippen LogP) is 1.49. The molecule has 0 heterocycles. The van der Waals surface area contributed by atoms with E-state index in [0.717, 1.165) is 5.56 Å². The van der Waals surface area contributed by atoms with E-state index >= 15 is 0 Å². The van der Waals surface area contributed by atoms with Crippen LogP contribution in [0.5, 0.6) is 0 Å². The van der Waals surface area contributed by atoms with Gasteiger partial charge in [0, 0.05) is 29.7 Å². The summed E-state index contributed by atoms with van der Waals surface area (Å²) in [4.78, 5) is 90.1. The van der Waals surface area contributed by atoms with Gasteiger partial charge in [0.2, 0.25) is 23.6 Å². The molecule has 0 aliphatic rings. The van der Waals surface area contributed by atoms with Crippen LogP contribution < -0.4 is 33.2 Å². The minimum atomic E-state index is -1.35. The Bertz CT molecular complexity index is 1270. The zero-order valence-electron chi connectivity index (χ0n) is 28.7. The van der Waals surface area contributed by atoms with Crippen LogP contribution in [-0.2, 0) is 40.0 Å². The standard InChI is InChI=1S/C34H53ClN6O7/c1-6-25(37)34(48)40-26(16-22-10-12-24(35)13-11-22)29(44)17-23(9-7-8-14-36)33(47)39-27(18-30(38)45)28(43)15-20(4)32(46)41-31(19(2)3)21(5)42/h10-13,19-20,23,25-27,31H,6-9,14-18,36-37H2,1-5H3,(H2,38,45)(H,39,47)(H,40,48)(H,41,46)/t20?,23-,25+,26+,27+,31+/m1/s1. The van der Waals surface area contributed by atoms with Crippen molar-refractivity contribution in [1.29, 1.82) is 0 Å². The number of nitrogens with two attached hydrogens (primary N) is 3. The predicted molar refractivity (Wildman–Crippen MR) is 183 cm³/mol. The van der Waals surface area contributed by atoms with Crippen LogP contribution in [0.4, 0.5) is 0 Å². The van der Waals surface area contributed by atoms with Crippen molar-refractivity contribution in [3.63, 3.8) is 0 Å². The van der Waals surface area contributed by atoms with Gasteiger partial charge in [-0.2, -0.15) is 0 Å². The smallest absolute Gasteiger partial charge is 0.237 e. The van der Waals surface area contributed by atoms with Crippen molar-refractivity contribution in [2.24, 2.45) is 35.0 Å². The van der Waals surface area contributed by atoms with Gasteiger partial charge in [-0.1, -0.05) is 57.8 Å². The zero-order valence-corrected chi connectivity index (χ0v) is 29.4. The Kier molecular flexibility index (Phi) is 18.8. The van der Waals surface area contributed by atoms with Crippen LogP contribution in [0.3, 0.4) is 0 Å². The Morgan fingerprint density at radius 2 is 1.38 bits per heavy atom. The second kappa shape index (κ2) is 21.3. The van der Waals surface area contributed by atoms with E-state index in [4.69, 9.17) is 28.8 Å². The number of unbranched alkanes of at least 4 members (excludes halogenated alkanes) is 1. The number of hydrogen-bond acceptors (Lipinski definition) is 9. The molecule has 1 aromatic carbocycles. The third-order valence-electron chi connectivity index (χ3n) is 8.13. The molecule has 1 aromatic rings. The summed E-state index contributed by atoms with van der Waals surface area (Å²) in [5.41, 5.74) is 17.7. The quantitative estimate of drug-likeness (QED) is 0.0911. The SMILES string of the molecule is CC[C@H](N)C(=O)N[C@@H](Cc1ccc(Cl)cc1)C(=O)C[C@@H](CCCCN)C(=O)N[C@@H](CC(N)=O)C(=O)CC(C)C(=O)N[C@H](C(C)=O)C(C)C. The van der Waals surface area contributed by atoms with Gasteiger partial charge in [0.1, 0.15) is 0 Å². The monoisotopic (exact) mass is 692 g/mol. The highest BCUT2D eigenvalue weighted by atomic mass is 35.5. The molecule has 1 unspecified atom stereocenters. The Labute approximate surface area is 288 Å². The van der Waals surface area contributed by atoms with Crippen LogP contribution in [-0.4, -0.2) is 71.7 Å². The number of nitrogens with one attached hydrogen (secondary N) is 3. The van der Waals surface area contributed by atoms with Gasteiger partial charge < -0.3 is 33.2 Å². The molecule has 0 saturated heterocycles. The number of carbonyl (C=O) groups excluding carboxylic acids is 7. The lowest BCUT2D eigenvalue weighted by Gasteiger charge is -2.25. The fourth-order valence-corrected chi connectivity index (χ4v) is 5.24. The van der Waals surface area contributed by atoms with Crippen molar-refractivity contribution < 1.29 is 33.6 Å². The minimum Gasteiger partial charge on any atom is -0.370 e. The average molecular weight is 693 g/mol. The topological polar surface area (TPSA) is 234 Å². The number of hydrogen-bond donors (Lipinski definition) is 6. The molecular formula is C34H53ClN6O7. The molecule has 6 atom stereocenters. The second-order valence-corrected chi connectivity index (χ2v) is 13.1. The first-order chi connectivity index (χ1) is 22.5. The molecule has 0 aliphatic carbocycles. The molecule has 1 rings (SSSR count). The minimum absolute atomic E-state index is 0.124. The fraction of sp³-hybridized carbons (Fsp3) is 0.618. The normalized spacial score (nSPS) is 14.9. The Morgan fingerprint density at radius 3 is 1.90 bits per heavy atom. The Morgan fingerprint density at radius 1 is 0.792 bits per heavy atom. The summed E-state index contributed by atoms with van der Waals surface area (Å²) in [6.07, 6.45) is 0.640. The molecule has 0 aliphatic heterocycles. The van der Waals surface area contributed by atoms with E-state index in [1.54, 1.807) is 45.0 Å². The van der Waals surface area contributed by atoms with Gasteiger partial charge in [-0.15, -0.1) is 0 Å². The van der Waals surface area contributed by atoms with Crippen molar-refractivity contribution in [3.05, 3.63) is 34.9 Å². The maximum Gasteiger partial charge on any atom is 0.237 e. The van der Waals surface area contributed by atoms with E-state index in [-0.39, 0.29) is 37.4 Å². The molecular weight excluding hydrogens is 640 g/mol. The number of benzene rings is 1. The van der Waals surface area contributed by atoms with E-state index in [1.165, 1.54) is 13.8 Å². The number of primary amides is 1. The first-order valence-corrected chi connectivity index (χ1v) is 16.8. The highest BCUT2D eigenvalue weighted by molar-refractivity contribution is 6.30. The van der Waals surface area contributed by atoms with Crippen LogP contribution >= 0.6 is 11.6 Å². The molecule has 268 valence electrons. The van der Waals surface area contributed by atoms with Crippen LogP contribution in [0.25, 0.3) is 0 Å². The fourth-order valence-electron chi connectivity index (χ4n) is 5.12. The van der Waals surface area contributed by atoms with E-state index in [1.807, 2.05) is 0 Å². The van der Waals surface area contributed by atoms with Crippen LogP contribution in [0, 0.1) is 17.8 Å². The van der Waals surface area contributed by atoms with Gasteiger partial charge in [0.05, 0.1) is 30.6 Å². The molecule has 13 nitrogen and oxygen atoms in total. The van der Waals surface area contributed by atoms with Crippen LogP contribution in [0.15, 0.2) is 24.3 Å². The third kappa shape index (κ3) is 15.0. The Hall–Kier alpha value is -3.68. The third-order valence-corrected chi connectivity index (χ3v) is 8.38. The van der Waals surface area contributed by atoms with Gasteiger partial charge in [-0.05, 0) is 62.8 Å². The zero-order chi connectivity index (χ0) is 36.6. The molecule has 9 N–H and O–H groups in total. The highest BCUT2D eigenvalue weighted by Crippen LogP contribution is 2.19. The van der Waals surface area contributed by atoms with E-state index in [2.05, 4.69) is 16.0 Å². The van der Waals surface area contributed by atoms with Gasteiger partial charge in [0.15, 0.2) is 17.3 Å². The summed E-state index contributed by atoms with van der Waals surface area (Å²) in [5, 5.41) is 8.45. The van der Waals surface area contributed by atoms with E-state index < -0.39 is 77.6 Å². The lowest BCUT2D eigenvalue weighted by atomic mass is 9.89. The van der Waals surface area contributed by atoms with Gasteiger partial charge >= 0.3 is 0 Å². The van der Waals surface area contributed by atoms with Gasteiger partial charge in [0.25, 0.3) is 0 Å². The van der Waals surface area contributed by atoms with E-state index in [0.29, 0.717) is 30.8 Å². The number of ketones is 3. The molecule has 0 spiro atoms. The molecule has 48 heavy (non-hydrogen) atoms. The summed E-state index contributed by atoms with van der Waals surface area (Å²) < 4.78 is 0. The lowest BCUT2D eigenvalue weighted by Crippen LogP contribution is -2.51. The molecule has 0 aromatic heterocycles. The Balaban J connectivity index is 3.21. The maximum atomic E-state index is 13.7. The number of rotatable bonds is 23. The van der Waals surface area contributed by atoms with Crippen molar-refractivity contribution in [3.8, 4) is 0 Å². The second-order valence-electron chi connectivity index (χ2n) is 12.7. The van der Waals surface area contributed by atoms with E-state index in [9.17, 15) is 33.6 Å². The number of carbonyl (C=O) groups is 7. The first kappa shape index (κ1) is 42.3. The van der Waals surface area contributed by atoms with Crippen molar-refractivity contribution >= 4 is 52.6 Å². The summed E-state index contributed by atoms with van der Waals surface area (Å²) >= 11 is 6.01. The van der Waals surface area contributed by atoms with Crippen molar-refractivity contribution in [2.45, 2.75) is 110 Å². The molecule has 0 saturated carbocycles. The largest absolute Gasteiger partial charge is 0.370 e. The maximum absolute atomic E-state index is 13.7. The first-order valence-electron chi connectivity index (χ1n) is 16.5. The average Bonchev–Trinajstić information content (AvgIpc) is 3.02.